The van der Waals surface area contributed by atoms with Crippen LogP contribution in [0.4, 0.5) is 10.5 Å². The summed E-state index contributed by atoms with van der Waals surface area (Å²) in [5.74, 6) is 0.226. The Morgan fingerprint density at radius 1 is 1.03 bits per heavy atom. The van der Waals surface area contributed by atoms with E-state index in [2.05, 4.69) is 35.6 Å². The molecule has 3 aromatic carbocycles. The molecule has 0 saturated heterocycles. The van der Waals surface area contributed by atoms with Gasteiger partial charge in [-0.25, -0.2) is 4.79 Å². The molecule has 3 aromatic rings. The molecule has 1 unspecified atom stereocenters. The number of anilines is 1. The summed E-state index contributed by atoms with van der Waals surface area (Å²) in [6.07, 6.45) is 1.65. The first-order valence-corrected chi connectivity index (χ1v) is 12.1. The SMILES string of the molecule is C[C@@H](NC(=O)CCC1Cc2ccccc2N(C(=O)OC(C)(C)C)C1)c1cccc2ccccc12. The Kier molecular flexibility index (Phi) is 6.92. The molecular formula is C29H34N2O3. The minimum atomic E-state index is -0.559. The van der Waals surface area contributed by atoms with Crippen LogP contribution in [0.1, 0.15) is 57.7 Å². The van der Waals surface area contributed by atoms with Gasteiger partial charge in [-0.2, -0.15) is 0 Å². The van der Waals surface area contributed by atoms with Gasteiger partial charge in [-0.15, -0.1) is 0 Å². The molecule has 0 bridgehead atoms. The lowest BCUT2D eigenvalue weighted by Gasteiger charge is -2.35. The van der Waals surface area contributed by atoms with Crippen LogP contribution < -0.4 is 10.2 Å². The van der Waals surface area contributed by atoms with Crippen LogP contribution in [0, 0.1) is 5.92 Å². The second-order valence-electron chi connectivity index (χ2n) is 10.2. The lowest BCUT2D eigenvalue weighted by atomic mass is 9.89. The lowest BCUT2D eigenvalue weighted by molar-refractivity contribution is -0.122. The topological polar surface area (TPSA) is 58.6 Å². The highest BCUT2D eigenvalue weighted by atomic mass is 16.6. The fourth-order valence-corrected chi connectivity index (χ4v) is 4.72. The molecule has 1 aliphatic rings. The number of nitrogens with zero attached hydrogens (tertiary/aromatic N) is 1. The van der Waals surface area contributed by atoms with E-state index < -0.39 is 5.60 Å². The monoisotopic (exact) mass is 458 g/mol. The second-order valence-corrected chi connectivity index (χ2v) is 10.2. The van der Waals surface area contributed by atoms with E-state index in [1.807, 2.05) is 64.1 Å². The van der Waals surface area contributed by atoms with Crippen LogP contribution in [0.25, 0.3) is 10.8 Å². The zero-order chi connectivity index (χ0) is 24.3. The van der Waals surface area contributed by atoms with Crippen molar-refractivity contribution in [2.75, 3.05) is 11.4 Å². The lowest BCUT2D eigenvalue weighted by Crippen LogP contribution is -2.43. The van der Waals surface area contributed by atoms with Gasteiger partial charge in [0.1, 0.15) is 5.60 Å². The molecule has 5 nitrogen and oxygen atoms in total. The third-order valence-electron chi connectivity index (χ3n) is 6.29. The van der Waals surface area contributed by atoms with Crippen LogP contribution in [-0.2, 0) is 16.0 Å². The van der Waals surface area contributed by atoms with E-state index >= 15 is 0 Å². The molecule has 0 aromatic heterocycles. The standard InChI is InChI=1S/C29H34N2O3/c1-20(24-14-9-12-22-10-5-7-13-25(22)24)30-27(32)17-16-21-18-23-11-6-8-15-26(23)31(19-21)28(33)34-29(2,3)4/h5-15,20-21H,16-19H2,1-4H3,(H,30,32)/t20-,21?/m1/s1. The summed E-state index contributed by atoms with van der Waals surface area (Å²) in [5.41, 5.74) is 2.58. The van der Waals surface area contributed by atoms with Crippen molar-refractivity contribution in [1.29, 1.82) is 0 Å². The highest BCUT2D eigenvalue weighted by molar-refractivity contribution is 5.90. The van der Waals surface area contributed by atoms with Crippen molar-refractivity contribution in [1.82, 2.24) is 5.32 Å². The Morgan fingerprint density at radius 3 is 2.53 bits per heavy atom. The maximum absolute atomic E-state index is 12.9. The predicted molar refractivity (Wildman–Crippen MR) is 137 cm³/mol. The summed E-state index contributed by atoms with van der Waals surface area (Å²) in [6, 6.07) is 22.3. The van der Waals surface area contributed by atoms with E-state index in [9.17, 15) is 9.59 Å². The largest absolute Gasteiger partial charge is 0.443 e. The molecule has 0 spiro atoms. The zero-order valence-corrected chi connectivity index (χ0v) is 20.5. The molecule has 5 heteroatoms. The fraction of sp³-hybridized carbons (Fsp3) is 0.379. The van der Waals surface area contributed by atoms with Crippen LogP contribution in [0.5, 0.6) is 0 Å². The molecule has 2 amide bonds. The fourth-order valence-electron chi connectivity index (χ4n) is 4.72. The first kappa shape index (κ1) is 23.8. The van der Waals surface area contributed by atoms with Crippen LogP contribution in [-0.4, -0.2) is 24.1 Å². The van der Waals surface area contributed by atoms with Crippen molar-refractivity contribution < 1.29 is 14.3 Å². The predicted octanol–water partition coefficient (Wildman–Crippen LogP) is 6.41. The van der Waals surface area contributed by atoms with Gasteiger partial charge in [-0.05, 0) is 74.4 Å². The molecule has 2 atom stereocenters. The highest BCUT2D eigenvalue weighted by Gasteiger charge is 2.31. The Balaban J connectivity index is 1.40. The minimum absolute atomic E-state index is 0.0307. The molecule has 0 radical (unpaired) electrons. The Labute approximate surface area is 202 Å². The van der Waals surface area contributed by atoms with Crippen LogP contribution >= 0.6 is 0 Å². The van der Waals surface area contributed by atoms with E-state index in [0.29, 0.717) is 19.4 Å². The summed E-state index contributed by atoms with van der Waals surface area (Å²) < 4.78 is 5.65. The van der Waals surface area contributed by atoms with Crippen molar-refractivity contribution in [3.05, 3.63) is 77.9 Å². The van der Waals surface area contributed by atoms with Crippen molar-refractivity contribution in [3.8, 4) is 0 Å². The average Bonchev–Trinajstić information content (AvgIpc) is 2.80. The van der Waals surface area contributed by atoms with Gasteiger partial charge >= 0.3 is 6.09 Å². The minimum Gasteiger partial charge on any atom is -0.443 e. The zero-order valence-electron chi connectivity index (χ0n) is 20.5. The van der Waals surface area contributed by atoms with E-state index in [0.717, 1.165) is 28.6 Å². The molecule has 0 aliphatic carbocycles. The van der Waals surface area contributed by atoms with E-state index in [1.165, 1.54) is 5.39 Å². The molecule has 4 rings (SSSR count). The number of nitrogens with one attached hydrogen (secondary N) is 1. The normalized spacial score (nSPS) is 16.6. The first-order valence-electron chi connectivity index (χ1n) is 12.1. The Bertz CT molecular complexity index is 1180. The molecule has 178 valence electrons. The molecule has 0 fully saturated rings. The summed E-state index contributed by atoms with van der Waals surface area (Å²) in [4.78, 5) is 27.5. The van der Waals surface area contributed by atoms with Crippen LogP contribution in [0.15, 0.2) is 66.7 Å². The van der Waals surface area contributed by atoms with Gasteiger partial charge in [0.15, 0.2) is 0 Å². The van der Waals surface area contributed by atoms with Gasteiger partial charge < -0.3 is 10.1 Å². The quantitative estimate of drug-likeness (QED) is 0.480. The second kappa shape index (κ2) is 9.88. The highest BCUT2D eigenvalue weighted by Crippen LogP contribution is 2.33. The third-order valence-corrected chi connectivity index (χ3v) is 6.29. The molecule has 1 heterocycles. The smallest absolute Gasteiger partial charge is 0.414 e. The van der Waals surface area contributed by atoms with E-state index in [-0.39, 0.29) is 24.0 Å². The number of para-hydroxylation sites is 1. The van der Waals surface area contributed by atoms with Crippen molar-refractivity contribution in [2.24, 2.45) is 5.92 Å². The molecule has 0 saturated carbocycles. The van der Waals surface area contributed by atoms with Gasteiger partial charge in [0.2, 0.25) is 5.91 Å². The number of hydrogen-bond donors (Lipinski definition) is 1. The number of rotatable bonds is 5. The van der Waals surface area contributed by atoms with Crippen LogP contribution in [0.3, 0.4) is 0 Å². The van der Waals surface area contributed by atoms with Crippen molar-refractivity contribution >= 4 is 28.5 Å². The van der Waals surface area contributed by atoms with Gasteiger partial charge in [-0.3, -0.25) is 9.69 Å². The number of benzene rings is 3. The van der Waals surface area contributed by atoms with Crippen molar-refractivity contribution in [2.45, 2.75) is 58.6 Å². The number of hydrogen-bond acceptors (Lipinski definition) is 3. The number of carbonyl (C=O) groups excluding carboxylic acids is 2. The summed E-state index contributed by atoms with van der Waals surface area (Å²) in [7, 11) is 0. The maximum Gasteiger partial charge on any atom is 0.414 e. The third kappa shape index (κ3) is 5.58. The van der Waals surface area contributed by atoms with Gasteiger partial charge in [0, 0.05) is 13.0 Å². The van der Waals surface area contributed by atoms with Gasteiger partial charge in [-0.1, -0.05) is 60.7 Å². The average molecular weight is 459 g/mol. The van der Waals surface area contributed by atoms with Crippen molar-refractivity contribution in [3.63, 3.8) is 0 Å². The van der Waals surface area contributed by atoms with E-state index in [4.69, 9.17) is 4.74 Å². The van der Waals surface area contributed by atoms with E-state index in [1.54, 1.807) is 4.90 Å². The summed E-state index contributed by atoms with van der Waals surface area (Å²) in [6.45, 7) is 8.21. The van der Waals surface area contributed by atoms with Gasteiger partial charge in [0.05, 0.1) is 11.7 Å². The van der Waals surface area contributed by atoms with Gasteiger partial charge in [0.25, 0.3) is 0 Å². The Morgan fingerprint density at radius 2 is 1.74 bits per heavy atom. The maximum atomic E-state index is 12.9. The first-order chi connectivity index (χ1) is 16.2. The number of amides is 2. The molecule has 1 aliphatic heterocycles. The molecular weight excluding hydrogens is 424 g/mol. The number of fused-ring (bicyclic) bond motifs is 2. The summed E-state index contributed by atoms with van der Waals surface area (Å²) in [5, 5.41) is 5.50. The Hall–Kier alpha value is -3.34. The number of carbonyl (C=O) groups is 2. The molecule has 1 N–H and O–H groups in total. The summed E-state index contributed by atoms with van der Waals surface area (Å²) >= 11 is 0. The van der Waals surface area contributed by atoms with Crippen LogP contribution in [0.2, 0.25) is 0 Å². The molecule has 34 heavy (non-hydrogen) atoms. The number of ether oxygens (including phenoxy) is 1.